The van der Waals surface area contributed by atoms with Crippen molar-refractivity contribution in [3.63, 3.8) is 0 Å². The fourth-order valence-corrected chi connectivity index (χ4v) is 2.84. The average Bonchev–Trinajstić information content (AvgIpc) is 3.52. The third-order valence-electron chi connectivity index (χ3n) is 4.95. The molecule has 25 heavy (non-hydrogen) atoms. The molecule has 0 amide bonds. The van der Waals surface area contributed by atoms with Crippen LogP contribution in [0.15, 0.2) is 24.4 Å². The number of rotatable bonds is 9. The monoisotopic (exact) mass is 344 g/mol. The Morgan fingerprint density at radius 1 is 1.28 bits per heavy atom. The van der Waals surface area contributed by atoms with Crippen molar-refractivity contribution >= 4 is 0 Å². The zero-order valence-corrected chi connectivity index (χ0v) is 14.6. The van der Waals surface area contributed by atoms with E-state index in [1.54, 1.807) is 12.1 Å². The van der Waals surface area contributed by atoms with E-state index in [0.29, 0.717) is 24.8 Å². The molecule has 6 heteroatoms. The minimum absolute atomic E-state index is 0.0283. The maximum Gasteiger partial charge on any atom is 0.165 e. The quantitative estimate of drug-likeness (QED) is 0.757. The molecule has 1 atom stereocenters. The summed E-state index contributed by atoms with van der Waals surface area (Å²) >= 11 is 0. The summed E-state index contributed by atoms with van der Waals surface area (Å²) in [6.45, 7) is 4.23. The number of nitrogens with zero attached hydrogens (tertiary/aromatic N) is 3. The van der Waals surface area contributed by atoms with Crippen molar-refractivity contribution in [2.75, 3.05) is 6.61 Å². The molecule has 2 saturated carbocycles. The third-order valence-corrected chi connectivity index (χ3v) is 4.95. The molecule has 2 aliphatic carbocycles. The zero-order valence-electron chi connectivity index (χ0n) is 14.6. The Bertz CT molecular complexity index is 724. The molecule has 1 aromatic carbocycles. The Morgan fingerprint density at radius 2 is 2.08 bits per heavy atom. The van der Waals surface area contributed by atoms with Gasteiger partial charge in [-0.25, -0.2) is 4.39 Å². The van der Waals surface area contributed by atoms with Crippen molar-refractivity contribution in [3.05, 3.63) is 41.5 Å². The van der Waals surface area contributed by atoms with Crippen LogP contribution in [0.5, 0.6) is 5.75 Å². The predicted molar refractivity (Wildman–Crippen MR) is 92.6 cm³/mol. The van der Waals surface area contributed by atoms with Gasteiger partial charge in [0.2, 0.25) is 0 Å². The molecule has 4 rings (SSSR count). The van der Waals surface area contributed by atoms with Crippen molar-refractivity contribution in [2.24, 2.45) is 11.8 Å². The highest BCUT2D eigenvalue weighted by Crippen LogP contribution is 2.31. The van der Waals surface area contributed by atoms with Crippen molar-refractivity contribution in [2.45, 2.75) is 51.7 Å². The van der Waals surface area contributed by atoms with Crippen LogP contribution in [0.1, 0.15) is 49.9 Å². The standard InChI is InChI=1S/C19H25FN4O/c1-13(21-9-17-11-24(23-22-17)10-14-2-3-14)16-6-7-19(18(20)8-16)25-12-15-4-5-15/h6-8,11,13-15,21H,2-5,9-10,12H2,1H3. The predicted octanol–water partition coefficient (Wildman–Crippen LogP) is 3.47. The van der Waals surface area contributed by atoms with Gasteiger partial charge in [0.1, 0.15) is 0 Å². The molecule has 0 aliphatic heterocycles. The van der Waals surface area contributed by atoms with Gasteiger partial charge in [-0.3, -0.25) is 4.68 Å². The topological polar surface area (TPSA) is 52.0 Å². The van der Waals surface area contributed by atoms with Gasteiger partial charge in [0.15, 0.2) is 11.6 Å². The highest BCUT2D eigenvalue weighted by atomic mass is 19.1. The average molecular weight is 344 g/mol. The van der Waals surface area contributed by atoms with E-state index in [9.17, 15) is 4.39 Å². The lowest BCUT2D eigenvalue weighted by atomic mass is 10.1. The van der Waals surface area contributed by atoms with Crippen LogP contribution in [0, 0.1) is 17.7 Å². The van der Waals surface area contributed by atoms with Gasteiger partial charge in [-0.15, -0.1) is 5.10 Å². The van der Waals surface area contributed by atoms with Crippen molar-refractivity contribution < 1.29 is 9.13 Å². The molecule has 2 aromatic rings. The van der Waals surface area contributed by atoms with Crippen LogP contribution >= 0.6 is 0 Å². The molecule has 5 nitrogen and oxygen atoms in total. The van der Waals surface area contributed by atoms with Gasteiger partial charge in [0.25, 0.3) is 0 Å². The Kier molecular flexibility index (Phi) is 4.70. The van der Waals surface area contributed by atoms with Gasteiger partial charge < -0.3 is 10.1 Å². The van der Waals surface area contributed by atoms with Crippen LogP contribution in [-0.4, -0.2) is 21.6 Å². The number of hydrogen-bond donors (Lipinski definition) is 1. The first-order chi connectivity index (χ1) is 12.2. The van der Waals surface area contributed by atoms with E-state index >= 15 is 0 Å². The van der Waals surface area contributed by atoms with E-state index < -0.39 is 0 Å². The molecule has 2 fully saturated rings. The van der Waals surface area contributed by atoms with E-state index in [4.69, 9.17) is 4.74 Å². The van der Waals surface area contributed by atoms with E-state index in [2.05, 4.69) is 15.6 Å². The molecule has 0 bridgehead atoms. The zero-order chi connectivity index (χ0) is 17.2. The molecule has 1 heterocycles. The fraction of sp³-hybridized carbons (Fsp3) is 0.579. The smallest absolute Gasteiger partial charge is 0.165 e. The lowest BCUT2D eigenvalue weighted by Gasteiger charge is -2.15. The van der Waals surface area contributed by atoms with Crippen molar-refractivity contribution in [3.8, 4) is 5.75 Å². The maximum atomic E-state index is 14.2. The summed E-state index contributed by atoms with van der Waals surface area (Å²) in [5.41, 5.74) is 1.82. The van der Waals surface area contributed by atoms with Crippen molar-refractivity contribution in [1.29, 1.82) is 0 Å². The van der Waals surface area contributed by atoms with E-state index in [1.165, 1.54) is 25.7 Å². The Morgan fingerprint density at radius 3 is 2.80 bits per heavy atom. The summed E-state index contributed by atoms with van der Waals surface area (Å²) in [7, 11) is 0. The van der Waals surface area contributed by atoms with Gasteiger partial charge in [0.05, 0.1) is 12.3 Å². The van der Waals surface area contributed by atoms with Crippen molar-refractivity contribution in [1.82, 2.24) is 20.3 Å². The Hall–Kier alpha value is -1.95. The van der Waals surface area contributed by atoms with Crippen LogP contribution in [-0.2, 0) is 13.1 Å². The van der Waals surface area contributed by atoms with Crippen LogP contribution in [0.4, 0.5) is 4.39 Å². The first kappa shape index (κ1) is 16.5. The molecule has 1 unspecified atom stereocenters. The number of halogens is 1. The summed E-state index contributed by atoms with van der Waals surface area (Å²) in [6, 6.07) is 5.24. The van der Waals surface area contributed by atoms with Crippen LogP contribution in [0.25, 0.3) is 0 Å². The second kappa shape index (κ2) is 7.12. The molecule has 0 radical (unpaired) electrons. The number of aromatic nitrogens is 3. The van der Waals surface area contributed by atoms with Gasteiger partial charge in [-0.05, 0) is 62.1 Å². The fourth-order valence-electron chi connectivity index (χ4n) is 2.84. The minimum Gasteiger partial charge on any atom is -0.490 e. The highest BCUT2D eigenvalue weighted by molar-refractivity contribution is 5.31. The summed E-state index contributed by atoms with van der Waals surface area (Å²) in [6.07, 6.45) is 7.00. The first-order valence-corrected chi connectivity index (χ1v) is 9.22. The van der Waals surface area contributed by atoms with Gasteiger partial charge >= 0.3 is 0 Å². The second-order valence-electron chi connectivity index (χ2n) is 7.42. The highest BCUT2D eigenvalue weighted by Gasteiger charge is 2.23. The lowest BCUT2D eigenvalue weighted by molar-refractivity contribution is 0.285. The molecular weight excluding hydrogens is 319 g/mol. The van der Waals surface area contributed by atoms with E-state index in [1.807, 2.05) is 23.9 Å². The number of hydrogen-bond acceptors (Lipinski definition) is 4. The minimum atomic E-state index is -0.290. The number of benzene rings is 1. The summed E-state index contributed by atoms with van der Waals surface area (Å²) < 4.78 is 21.7. The number of nitrogens with one attached hydrogen (secondary N) is 1. The molecule has 1 N–H and O–H groups in total. The Balaban J connectivity index is 1.29. The van der Waals surface area contributed by atoms with Gasteiger partial charge in [-0.2, -0.15) is 0 Å². The first-order valence-electron chi connectivity index (χ1n) is 9.22. The van der Waals surface area contributed by atoms with E-state index in [0.717, 1.165) is 23.7 Å². The third kappa shape index (κ3) is 4.57. The maximum absolute atomic E-state index is 14.2. The largest absolute Gasteiger partial charge is 0.490 e. The normalized spacial score (nSPS) is 18.3. The number of ether oxygens (including phenoxy) is 1. The summed E-state index contributed by atoms with van der Waals surface area (Å²) in [4.78, 5) is 0. The molecule has 2 aliphatic rings. The molecular formula is C19H25FN4O. The van der Waals surface area contributed by atoms with Gasteiger partial charge in [-0.1, -0.05) is 11.3 Å². The molecule has 134 valence electrons. The second-order valence-corrected chi connectivity index (χ2v) is 7.42. The molecule has 0 spiro atoms. The summed E-state index contributed by atoms with van der Waals surface area (Å²) in [5, 5.41) is 11.7. The van der Waals surface area contributed by atoms with Crippen LogP contribution in [0.2, 0.25) is 0 Å². The van der Waals surface area contributed by atoms with E-state index in [-0.39, 0.29) is 11.9 Å². The summed E-state index contributed by atoms with van der Waals surface area (Å²) in [5.74, 6) is 1.46. The van der Waals surface area contributed by atoms with Crippen LogP contribution < -0.4 is 10.1 Å². The molecule has 0 saturated heterocycles. The van der Waals surface area contributed by atoms with Crippen LogP contribution in [0.3, 0.4) is 0 Å². The van der Waals surface area contributed by atoms with Gasteiger partial charge in [0, 0.05) is 25.3 Å². The lowest BCUT2D eigenvalue weighted by Crippen LogP contribution is -2.18. The Labute approximate surface area is 147 Å². The molecule has 1 aromatic heterocycles. The SMILES string of the molecule is CC(NCc1cn(CC2CC2)nn1)c1ccc(OCC2CC2)c(F)c1.